The molecule has 6 nitrogen and oxygen atoms in total. The molecule has 1 heterocycles. The fourth-order valence-electron chi connectivity index (χ4n) is 2.89. The van der Waals surface area contributed by atoms with E-state index in [-0.39, 0.29) is 15.5 Å². The van der Waals surface area contributed by atoms with Gasteiger partial charge in [0.25, 0.3) is 10.0 Å². The Bertz CT molecular complexity index is 1380. The summed E-state index contributed by atoms with van der Waals surface area (Å²) in [7, 11) is -4.06. The van der Waals surface area contributed by atoms with E-state index in [1.165, 1.54) is 12.1 Å². The van der Waals surface area contributed by atoms with Gasteiger partial charge in [0.05, 0.1) is 20.8 Å². The normalized spacial score (nSPS) is 11.5. The Kier molecular flexibility index (Phi) is 5.23. The number of carbonyl (C=O) groups is 1. The average molecular weight is 459 g/mol. The summed E-state index contributed by atoms with van der Waals surface area (Å²) in [6, 6.07) is 16.4. The highest BCUT2D eigenvalue weighted by Crippen LogP contribution is 2.32. The monoisotopic (exact) mass is 458 g/mol. The first-order valence-corrected chi connectivity index (χ1v) is 11.4. The van der Waals surface area contributed by atoms with Gasteiger partial charge in [0.2, 0.25) is 0 Å². The van der Waals surface area contributed by atoms with E-state index in [2.05, 4.69) is 15.8 Å². The number of nitrogens with one attached hydrogen (secondary N) is 1. The first-order valence-electron chi connectivity index (χ1n) is 8.76. The van der Waals surface area contributed by atoms with E-state index in [9.17, 15) is 13.2 Å². The largest absolute Gasteiger partial charge is 0.478 e. The number of aryl methyl sites for hydroxylation is 1. The first-order chi connectivity index (χ1) is 14.2. The molecule has 0 amide bonds. The quantitative estimate of drug-likeness (QED) is 0.416. The third kappa shape index (κ3) is 4.02. The molecule has 9 heteroatoms. The molecule has 0 bridgehead atoms. The minimum Gasteiger partial charge on any atom is -0.478 e. The first kappa shape index (κ1) is 20.3. The third-order valence-electron chi connectivity index (χ3n) is 4.40. The van der Waals surface area contributed by atoms with E-state index < -0.39 is 16.0 Å². The topological polar surface area (TPSA) is 96.4 Å². The maximum absolute atomic E-state index is 12.7. The summed E-state index contributed by atoms with van der Waals surface area (Å²) in [4.78, 5) is 15.5. The number of carboxylic acids is 1. The van der Waals surface area contributed by atoms with Crippen LogP contribution in [0.1, 0.15) is 15.9 Å². The van der Waals surface area contributed by atoms with Gasteiger partial charge in [-0.1, -0.05) is 17.7 Å². The second-order valence-corrected chi connectivity index (χ2v) is 9.71. The Balaban J connectivity index is 1.61. The Morgan fingerprint density at radius 3 is 2.50 bits per heavy atom. The molecule has 0 aliphatic carbocycles. The second-order valence-electron chi connectivity index (χ2n) is 6.62. The van der Waals surface area contributed by atoms with Crippen LogP contribution in [0.3, 0.4) is 0 Å². The van der Waals surface area contributed by atoms with E-state index in [0.717, 1.165) is 32.4 Å². The number of aromatic carboxylic acids is 1. The lowest BCUT2D eigenvalue weighted by Gasteiger charge is -2.10. The SMILES string of the molecule is Cc1ccc2nc(-c3ccc(NS(=O)(=O)c4cc(C(=O)O)ccc4Cl)cc3)sc2c1. The second kappa shape index (κ2) is 7.71. The third-order valence-corrected chi connectivity index (χ3v) is 7.33. The molecule has 0 aliphatic rings. The summed E-state index contributed by atoms with van der Waals surface area (Å²) in [5, 5.41) is 9.87. The summed E-state index contributed by atoms with van der Waals surface area (Å²) in [5.74, 6) is -1.24. The van der Waals surface area contributed by atoms with Gasteiger partial charge in [-0.2, -0.15) is 0 Å². The number of carboxylic acid groups (broad SMARTS) is 1. The highest BCUT2D eigenvalue weighted by molar-refractivity contribution is 7.92. The lowest BCUT2D eigenvalue weighted by atomic mass is 10.2. The van der Waals surface area contributed by atoms with Gasteiger partial charge in [-0.25, -0.2) is 18.2 Å². The fourth-order valence-corrected chi connectivity index (χ4v) is 5.54. The summed E-state index contributed by atoms with van der Waals surface area (Å²) in [6.45, 7) is 2.03. The van der Waals surface area contributed by atoms with Crippen LogP contribution >= 0.6 is 22.9 Å². The molecule has 3 aromatic carbocycles. The molecular formula is C21H15ClN2O4S2. The molecular weight excluding hydrogens is 444 g/mol. The molecule has 0 unspecified atom stereocenters. The van der Waals surface area contributed by atoms with E-state index in [0.29, 0.717) is 5.69 Å². The van der Waals surface area contributed by atoms with Crippen molar-refractivity contribution in [1.82, 2.24) is 4.98 Å². The van der Waals surface area contributed by atoms with Gasteiger partial charge in [-0.3, -0.25) is 4.72 Å². The predicted octanol–water partition coefficient (Wildman–Crippen LogP) is 5.42. The smallest absolute Gasteiger partial charge is 0.335 e. The molecule has 152 valence electrons. The van der Waals surface area contributed by atoms with Crippen molar-refractivity contribution in [2.45, 2.75) is 11.8 Å². The van der Waals surface area contributed by atoms with Gasteiger partial charge in [-0.05, 0) is 67.1 Å². The van der Waals surface area contributed by atoms with Crippen molar-refractivity contribution >= 4 is 54.8 Å². The van der Waals surface area contributed by atoms with Crippen LogP contribution in [0.4, 0.5) is 5.69 Å². The Hall–Kier alpha value is -2.94. The highest BCUT2D eigenvalue weighted by Gasteiger charge is 2.20. The van der Waals surface area contributed by atoms with Crippen molar-refractivity contribution in [2.24, 2.45) is 0 Å². The zero-order chi connectivity index (χ0) is 21.5. The van der Waals surface area contributed by atoms with Crippen molar-refractivity contribution in [3.05, 3.63) is 76.8 Å². The van der Waals surface area contributed by atoms with Crippen LogP contribution in [-0.2, 0) is 10.0 Å². The average Bonchev–Trinajstić information content (AvgIpc) is 3.11. The zero-order valence-corrected chi connectivity index (χ0v) is 18.0. The van der Waals surface area contributed by atoms with E-state index >= 15 is 0 Å². The van der Waals surface area contributed by atoms with Crippen LogP contribution in [0.25, 0.3) is 20.8 Å². The van der Waals surface area contributed by atoms with Crippen molar-refractivity contribution < 1.29 is 18.3 Å². The molecule has 0 saturated heterocycles. The van der Waals surface area contributed by atoms with Crippen molar-refractivity contribution in [1.29, 1.82) is 0 Å². The zero-order valence-electron chi connectivity index (χ0n) is 15.6. The number of aromatic nitrogens is 1. The van der Waals surface area contributed by atoms with Crippen LogP contribution in [0.2, 0.25) is 5.02 Å². The Morgan fingerprint density at radius 1 is 1.07 bits per heavy atom. The van der Waals surface area contributed by atoms with E-state index in [1.807, 2.05) is 19.1 Å². The lowest BCUT2D eigenvalue weighted by molar-refractivity contribution is 0.0696. The summed E-state index contributed by atoms with van der Waals surface area (Å²) >= 11 is 7.55. The summed E-state index contributed by atoms with van der Waals surface area (Å²) in [5.41, 5.74) is 3.10. The van der Waals surface area contributed by atoms with Crippen LogP contribution in [-0.4, -0.2) is 24.5 Å². The predicted molar refractivity (Wildman–Crippen MR) is 119 cm³/mol. The fraction of sp³-hybridized carbons (Fsp3) is 0.0476. The number of benzene rings is 3. The number of rotatable bonds is 5. The number of nitrogens with zero attached hydrogens (tertiary/aromatic N) is 1. The summed E-state index contributed by atoms with van der Waals surface area (Å²) in [6.07, 6.45) is 0. The molecule has 4 rings (SSSR count). The van der Waals surface area contributed by atoms with Gasteiger partial charge < -0.3 is 5.11 Å². The van der Waals surface area contributed by atoms with Gasteiger partial charge in [0.15, 0.2) is 0 Å². The number of hydrogen-bond donors (Lipinski definition) is 2. The van der Waals surface area contributed by atoms with Crippen LogP contribution in [0.5, 0.6) is 0 Å². The van der Waals surface area contributed by atoms with Gasteiger partial charge in [0.1, 0.15) is 9.90 Å². The molecule has 0 aliphatic heterocycles. The molecule has 0 atom stereocenters. The highest BCUT2D eigenvalue weighted by atomic mass is 35.5. The molecule has 1 aromatic heterocycles. The van der Waals surface area contributed by atoms with Crippen LogP contribution in [0.15, 0.2) is 65.6 Å². The van der Waals surface area contributed by atoms with Crippen LogP contribution < -0.4 is 4.72 Å². The standard InChI is InChI=1S/C21H15ClN2O4S2/c1-12-2-9-17-18(10-12)29-20(23-17)13-3-6-15(7-4-13)24-30(27,28)19-11-14(21(25)26)5-8-16(19)22/h2-11,24H,1H3,(H,25,26). The minimum atomic E-state index is -4.06. The molecule has 0 radical (unpaired) electrons. The molecule has 4 aromatic rings. The van der Waals surface area contributed by atoms with Gasteiger partial charge >= 0.3 is 5.97 Å². The lowest BCUT2D eigenvalue weighted by Crippen LogP contribution is -2.14. The van der Waals surface area contributed by atoms with Crippen molar-refractivity contribution in [3.8, 4) is 10.6 Å². The van der Waals surface area contributed by atoms with E-state index in [4.69, 9.17) is 16.7 Å². The minimum absolute atomic E-state index is 0.0612. The van der Waals surface area contributed by atoms with Crippen molar-refractivity contribution in [2.75, 3.05) is 4.72 Å². The summed E-state index contributed by atoms with van der Waals surface area (Å²) < 4.78 is 28.9. The number of hydrogen-bond acceptors (Lipinski definition) is 5. The Labute approximate surface area is 181 Å². The Morgan fingerprint density at radius 2 is 1.80 bits per heavy atom. The number of halogens is 1. The molecule has 0 fully saturated rings. The van der Waals surface area contributed by atoms with Crippen LogP contribution in [0, 0.1) is 6.92 Å². The number of anilines is 1. The number of sulfonamides is 1. The van der Waals surface area contributed by atoms with Gasteiger partial charge in [-0.15, -0.1) is 11.3 Å². The van der Waals surface area contributed by atoms with Crippen molar-refractivity contribution in [3.63, 3.8) is 0 Å². The number of fused-ring (bicyclic) bond motifs is 1. The maximum Gasteiger partial charge on any atom is 0.335 e. The molecule has 0 spiro atoms. The molecule has 2 N–H and O–H groups in total. The molecule has 30 heavy (non-hydrogen) atoms. The maximum atomic E-state index is 12.7. The van der Waals surface area contributed by atoms with E-state index in [1.54, 1.807) is 35.6 Å². The van der Waals surface area contributed by atoms with Gasteiger partial charge in [0, 0.05) is 11.3 Å². The number of thiazole rings is 1. The molecule has 0 saturated carbocycles.